The topological polar surface area (TPSA) is 54.4 Å². The fourth-order valence-electron chi connectivity index (χ4n) is 7.10. The smallest absolute Gasteiger partial charge is 0.178 e. The van der Waals surface area contributed by atoms with Gasteiger partial charge in [-0.2, -0.15) is 0 Å². The summed E-state index contributed by atoms with van der Waals surface area (Å²) in [5.41, 5.74) is 0.937. The Labute approximate surface area is 150 Å². The monoisotopic (exact) mass is 342 g/mol. The molecule has 25 heavy (non-hydrogen) atoms. The summed E-state index contributed by atoms with van der Waals surface area (Å²) in [6.45, 7) is 6.42. The van der Waals surface area contributed by atoms with Crippen molar-refractivity contribution in [1.29, 1.82) is 0 Å². The van der Waals surface area contributed by atoms with E-state index in [0.29, 0.717) is 24.0 Å². The summed E-state index contributed by atoms with van der Waals surface area (Å²) in [4.78, 5) is 24.4. The molecule has 0 bridgehead atoms. The van der Waals surface area contributed by atoms with Crippen molar-refractivity contribution < 1.29 is 14.7 Å². The fraction of sp³-hybridized carbons (Fsp3) is 0.727. The van der Waals surface area contributed by atoms with Gasteiger partial charge in [-0.25, -0.2) is 0 Å². The average Bonchev–Trinajstić information content (AvgIpc) is 2.91. The number of hydrogen-bond acceptors (Lipinski definition) is 3. The highest BCUT2D eigenvalue weighted by Gasteiger charge is 2.62. The van der Waals surface area contributed by atoms with Crippen LogP contribution in [0.15, 0.2) is 23.8 Å². The van der Waals surface area contributed by atoms with Crippen molar-refractivity contribution in [3.8, 4) is 0 Å². The number of carbonyl (C=O) groups is 2. The largest absolute Gasteiger partial charge is 0.393 e. The highest BCUT2D eigenvalue weighted by molar-refractivity contribution is 6.01. The standard InChI is InChI=1S/C22H30O3/c1-4-18(24)17-8-7-16-15-6-5-13-11-14(23)9-10-21(13,2)20(15)19(25)12-22(16,17)3/h9-11,15-17,19-20,25H,4-8,12H2,1-3H3/t15?,16?,17?,19?,20?,21-,22-/m0/s1. The summed E-state index contributed by atoms with van der Waals surface area (Å²) in [6.07, 6.45) is 10.5. The minimum Gasteiger partial charge on any atom is -0.393 e. The number of hydrogen-bond donors (Lipinski definition) is 1. The highest BCUT2D eigenvalue weighted by Crippen LogP contribution is 2.66. The lowest BCUT2D eigenvalue weighted by atomic mass is 9.46. The Morgan fingerprint density at radius 2 is 2.04 bits per heavy atom. The molecular weight excluding hydrogens is 312 g/mol. The van der Waals surface area contributed by atoms with Crippen LogP contribution in [0.4, 0.5) is 0 Å². The van der Waals surface area contributed by atoms with Gasteiger partial charge in [0.15, 0.2) is 5.78 Å². The quantitative estimate of drug-likeness (QED) is 0.829. The summed E-state index contributed by atoms with van der Waals surface area (Å²) >= 11 is 0. The van der Waals surface area contributed by atoms with E-state index in [1.807, 2.05) is 6.92 Å². The van der Waals surface area contributed by atoms with Gasteiger partial charge >= 0.3 is 0 Å². The maximum absolute atomic E-state index is 12.5. The molecule has 0 aromatic carbocycles. The van der Waals surface area contributed by atoms with Crippen molar-refractivity contribution in [2.75, 3.05) is 0 Å². The van der Waals surface area contributed by atoms with Crippen LogP contribution in [0.2, 0.25) is 0 Å². The summed E-state index contributed by atoms with van der Waals surface area (Å²) in [6, 6.07) is 0. The molecule has 5 unspecified atom stereocenters. The minimum atomic E-state index is -0.400. The zero-order valence-electron chi connectivity index (χ0n) is 15.6. The predicted octanol–water partition coefficient (Wildman–Crippen LogP) is 3.86. The summed E-state index contributed by atoms with van der Waals surface area (Å²) in [5, 5.41) is 11.2. The lowest BCUT2D eigenvalue weighted by Gasteiger charge is -2.58. The van der Waals surface area contributed by atoms with Crippen LogP contribution in [0.3, 0.4) is 0 Å². The van der Waals surface area contributed by atoms with E-state index in [0.717, 1.165) is 32.1 Å². The van der Waals surface area contributed by atoms with Gasteiger partial charge in [-0.3, -0.25) is 9.59 Å². The van der Waals surface area contributed by atoms with E-state index in [2.05, 4.69) is 19.9 Å². The second-order valence-corrected chi connectivity index (χ2v) is 9.25. The van der Waals surface area contributed by atoms with Crippen molar-refractivity contribution >= 4 is 11.6 Å². The van der Waals surface area contributed by atoms with Crippen LogP contribution in [-0.4, -0.2) is 22.8 Å². The van der Waals surface area contributed by atoms with E-state index in [1.54, 1.807) is 12.2 Å². The van der Waals surface area contributed by atoms with Gasteiger partial charge in [-0.05, 0) is 61.5 Å². The van der Waals surface area contributed by atoms with Gasteiger partial charge < -0.3 is 5.11 Å². The first-order chi connectivity index (χ1) is 11.8. The van der Waals surface area contributed by atoms with Crippen molar-refractivity contribution in [3.05, 3.63) is 23.8 Å². The summed E-state index contributed by atoms with van der Waals surface area (Å²) in [5.74, 6) is 1.71. The van der Waals surface area contributed by atoms with E-state index in [-0.39, 0.29) is 28.4 Å². The second-order valence-electron chi connectivity index (χ2n) is 9.25. The third kappa shape index (κ3) is 2.27. The number of rotatable bonds is 2. The number of Topliss-reactive ketones (excluding diaryl/α,β-unsaturated/α-hetero) is 1. The molecule has 0 amide bonds. The molecule has 0 aromatic heterocycles. The second kappa shape index (κ2) is 5.64. The van der Waals surface area contributed by atoms with Crippen LogP contribution in [0.25, 0.3) is 0 Å². The minimum absolute atomic E-state index is 0.0561. The normalized spacial score (nSPS) is 48.4. The van der Waals surface area contributed by atoms with Crippen molar-refractivity contribution in [2.45, 2.75) is 65.4 Å². The Morgan fingerprint density at radius 1 is 1.28 bits per heavy atom. The van der Waals surface area contributed by atoms with Crippen LogP contribution in [-0.2, 0) is 9.59 Å². The molecule has 4 aliphatic carbocycles. The average molecular weight is 342 g/mol. The molecule has 4 rings (SSSR count). The number of carbonyl (C=O) groups excluding carboxylic acids is 2. The van der Waals surface area contributed by atoms with Crippen LogP contribution in [0.5, 0.6) is 0 Å². The van der Waals surface area contributed by atoms with Gasteiger partial charge in [0.2, 0.25) is 0 Å². The SMILES string of the molecule is CCC(=O)C1CCC2C3CCC4=CC(=O)C=C[C@]4(C)C3C(O)C[C@]12C. The molecule has 0 aliphatic heterocycles. The first kappa shape index (κ1) is 17.2. The van der Waals surface area contributed by atoms with E-state index < -0.39 is 6.10 Å². The number of ketones is 2. The van der Waals surface area contributed by atoms with Gasteiger partial charge in [0.05, 0.1) is 6.10 Å². The molecule has 7 atom stereocenters. The first-order valence-corrected chi connectivity index (χ1v) is 9.96. The van der Waals surface area contributed by atoms with E-state index in [9.17, 15) is 14.7 Å². The lowest BCUT2D eigenvalue weighted by molar-refractivity contribution is -0.138. The molecule has 3 saturated carbocycles. The number of fused-ring (bicyclic) bond motifs is 5. The Hall–Kier alpha value is -1.22. The van der Waals surface area contributed by atoms with E-state index in [1.165, 1.54) is 5.57 Å². The lowest BCUT2D eigenvalue weighted by Crippen LogP contribution is -2.56. The van der Waals surface area contributed by atoms with Crippen molar-refractivity contribution in [3.63, 3.8) is 0 Å². The van der Waals surface area contributed by atoms with Crippen LogP contribution < -0.4 is 0 Å². The maximum Gasteiger partial charge on any atom is 0.178 e. The molecule has 0 spiro atoms. The van der Waals surface area contributed by atoms with Crippen LogP contribution in [0, 0.1) is 34.5 Å². The molecule has 4 aliphatic rings. The van der Waals surface area contributed by atoms with Crippen molar-refractivity contribution in [1.82, 2.24) is 0 Å². The molecule has 3 nitrogen and oxygen atoms in total. The van der Waals surface area contributed by atoms with Gasteiger partial charge in [-0.1, -0.05) is 32.4 Å². The molecule has 0 heterocycles. The number of allylic oxidation sites excluding steroid dienone is 4. The van der Waals surface area contributed by atoms with E-state index >= 15 is 0 Å². The molecule has 0 saturated heterocycles. The third-order valence-electron chi connectivity index (χ3n) is 8.23. The summed E-state index contributed by atoms with van der Waals surface area (Å²) in [7, 11) is 0. The zero-order chi connectivity index (χ0) is 18.0. The van der Waals surface area contributed by atoms with Gasteiger partial charge in [0.25, 0.3) is 0 Å². The van der Waals surface area contributed by atoms with E-state index in [4.69, 9.17) is 0 Å². The Kier molecular flexibility index (Phi) is 3.88. The first-order valence-electron chi connectivity index (χ1n) is 9.96. The molecule has 1 N–H and O–H groups in total. The zero-order valence-corrected chi connectivity index (χ0v) is 15.6. The Morgan fingerprint density at radius 3 is 2.76 bits per heavy atom. The predicted molar refractivity (Wildman–Crippen MR) is 96.8 cm³/mol. The van der Waals surface area contributed by atoms with Gasteiger partial charge in [0, 0.05) is 23.7 Å². The number of aliphatic hydroxyl groups excluding tert-OH is 1. The maximum atomic E-state index is 12.5. The molecule has 0 radical (unpaired) electrons. The third-order valence-corrected chi connectivity index (χ3v) is 8.23. The highest BCUT2D eigenvalue weighted by atomic mass is 16.3. The van der Waals surface area contributed by atoms with Crippen LogP contribution >= 0.6 is 0 Å². The van der Waals surface area contributed by atoms with Gasteiger partial charge in [-0.15, -0.1) is 0 Å². The molecule has 136 valence electrons. The van der Waals surface area contributed by atoms with Crippen molar-refractivity contribution in [2.24, 2.45) is 34.5 Å². The Bertz CT molecular complexity index is 675. The summed E-state index contributed by atoms with van der Waals surface area (Å²) < 4.78 is 0. The molecular formula is C22H30O3. The van der Waals surface area contributed by atoms with Crippen LogP contribution in [0.1, 0.15) is 59.3 Å². The Balaban J connectivity index is 1.71. The fourth-order valence-corrected chi connectivity index (χ4v) is 7.10. The van der Waals surface area contributed by atoms with Gasteiger partial charge in [0.1, 0.15) is 5.78 Å². The molecule has 0 aromatic rings. The number of aliphatic hydroxyl groups is 1. The molecule has 3 heteroatoms. The molecule has 3 fully saturated rings.